The molecule has 0 heterocycles. The summed E-state index contributed by atoms with van der Waals surface area (Å²) in [5.74, 6) is -1.47. The minimum absolute atomic E-state index is 0.0959. The van der Waals surface area contributed by atoms with E-state index >= 15 is 0 Å². The number of carboxylic acids is 1. The third-order valence-electron chi connectivity index (χ3n) is 2.36. The van der Waals surface area contributed by atoms with Crippen molar-refractivity contribution >= 4 is 16.2 Å². The Bertz CT molecular complexity index is 330. The van der Waals surface area contributed by atoms with Crippen molar-refractivity contribution in [1.82, 2.24) is 9.44 Å². The van der Waals surface area contributed by atoms with E-state index in [1.54, 1.807) is 13.8 Å². The number of carbonyl (C=O) groups is 1. The molecule has 0 unspecified atom stereocenters. The highest BCUT2D eigenvalue weighted by molar-refractivity contribution is 7.87. The summed E-state index contributed by atoms with van der Waals surface area (Å²) in [5.41, 5.74) is 0. The Labute approximate surface area is 102 Å². The van der Waals surface area contributed by atoms with Gasteiger partial charge in [0.25, 0.3) is 10.2 Å². The average Bonchev–Trinajstić information content (AvgIpc) is 2.25. The molecule has 0 aliphatic heterocycles. The summed E-state index contributed by atoms with van der Waals surface area (Å²) >= 11 is 0. The van der Waals surface area contributed by atoms with Crippen LogP contribution in [0.25, 0.3) is 0 Å². The van der Waals surface area contributed by atoms with Crippen LogP contribution < -0.4 is 9.44 Å². The number of hydrogen-bond acceptors (Lipinski definition) is 4. The molecule has 0 aromatic heterocycles. The van der Waals surface area contributed by atoms with Crippen LogP contribution in [0.2, 0.25) is 0 Å². The molecule has 102 valence electrons. The normalized spacial score (nSPS) is 15.5. The number of rotatable bonds is 9. The van der Waals surface area contributed by atoms with E-state index in [0.29, 0.717) is 6.42 Å². The van der Waals surface area contributed by atoms with Gasteiger partial charge in [-0.15, -0.1) is 0 Å². The van der Waals surface area contributed by atoms with Crippen molar-refractivity contribution in [3.63, 3.8) is 0 Å². The summed E-state index contributed by atoms with van der Waals surface area (Å²) in [7, 11) is -2.37. The van der Waals surface area contributed by atoms with Crippen LogP contribution in [-0.4, -0.2) is 45.8 Å². The summed E-state index contributed by atoms with van der Waals surface area (Å²) in [5, 5.41) is 8.93. The molecule has 0 fully saturated rings. The fourth-order valence-electron chi connectivity index (χ4n) is 1.13. The molecule has 7 nitrogen and oxygen atoms in total. The fraction of sp³-hybridized carbons (Fsp3) is 0.889. The average molecular weight is 268 g/mol. The lowest BCUT2D eigenvalue weighted by Gasteiger charge is -2.20. The van der Waals surface area contributed by atoms with E-state index in [2.05, 4.69) is 14.2 Å². The molecule has 8 heteroatoms. The van der Waals surface area contributed by atoms with Gasteiger partial charge in [0, 0.05) is 13.7 Å². The quantitative estimate of drug-likeness (QED) is 0.492. The van der Waals surface area contributed by atoms with E-state index in [1.807, 2.05) is 0 Å². The lowest BCUT2D eigenvalue weighted by atomic mass is 10.0. The molecule has 2 atom stereocenters. The first kappa shape index (κ1) is 16.3. The standard InChI is InChI=1S/C9H20N2O5S/c1-4-7(2)8(9(12)13)11-17(14,15)10-5-6-16-3/h7-8,10-11H,4-6H2,1-3H3,(H,12,13)/t7-,8-/m0/s1. The SMILES string of the molecule is CC[C@H](C)[C@H](NS(=O)(=O)NCCOC)C(=O)O. The molecule has 0 bridgehead atoms. The first-order chi connectivity index (χ1) is 7.84. The number of nitrogens with one attached hydrogen (secondary N) is 2. The summed E-state index contributed by atoms with van der Waals surface area (Å²) in [4.78, 5) is 10.9. The molecule has 0 amide bonds. The predicted molar refractivity (Wildman–Crippen MR) is 62.8 cm³/mol. The molecule has 0 aromatic carbocycles. The predicted octanol–water partition coefficient (Wildman–Crippen LogP) is -0.444. The Morgan fingerprint density at radius 3 is 2.47 bits per heavy atom. The molecule has 0 aromatic rings. The van der Waals surface area contributed by atoms with Crippen molar-refractivity contribution in [3.8, 4) is 0 Å². The molecule has 0 aliphatic rings. The van der Waals surface area contributed by atoms with Crippen LogP contribution in [-0.2, 0) is 19.7 Å². The van der Waals surface area contributed by atoms with Gasteiger partial charge in [0.2, 0.25) is 0 Å². The van der Waals surface area contributed by atoms with Crippen LogP contribution in [0.4, 0.5) is 0 Å². The van der Waals surface area contributed by atoms with Gasteiger partial charge in [-0.25, -0.2) is 0 Å². The number of methoxy groups -OCH3 is 1. The van der Waals surface area contributed by atoms with Gasteiger partial charge in [0.1, 0.15) is 6.04 Å². The molecule has 0 saturated carbocycles. The van der Waals surface area contributed by atoms with E-state index in [9.17, 15) is 13.2 Å². The Hall–Kier alpha value is -0.700. The Kier molecular flexibility index (Phi) is 7.28. The molecule has 0 aliphatic carbocycles. The number of ether oxygens (including phenoxy) is 1. The molecular formula is C9H20N2O5S. The van der Waals surface area contributed by atoms with Crippen LogP contribution in [0.3, 0.4) is 0 Å². The van der Waals surface area contributed by atoms with Crippen LogP contribution >= 0.6 is 0 Å². The van der Waals surface area contributed by atoms with E-state index in [1.165, 1.54) is 7.11 Å². The molecule has 0 radical (unpaired) electrons. The van der Waals surface area contributed by atoms with Crippen molar-refractivity contribution in [1.29, 1.82) is 0 Å². The Morgan fingerprint density at radius 1 is 1.47 bits per heavy atom. The van der Waals surface area contributed by atoms with Crippen LogP contribution in [0.5, 0.6) is 0 Å². The molecule has 0 saturated heterocycles. The van der Waals surface area contributed by atoms with Gasteiger partial charge in [-0.1, -0.05) is 20.3 Å². The zero-order chi connectivity index (χ0) is 13.5. The smallest absolute Gasteiger partial charge is 0.322 e. The second-order valence-electron chi connectivity index (χ2n) is 3.71. The highest BCUT2D eigenvalue weighted by Gasteiger charge is 2.27. The van der Waals surface area contributed by atoms with Gasteiger partial charge in [0.15, 0.2) is 0 Å². The number of carboxylic acid groups (broad SMARTS) is 1. The maximum absolute atomic E-state index is 11.5. The van der Waals surface area contributed by atoms with Crippen molar-refractivity contribution in [2.45, 2.75) is 26.3 Å². The third kappa shape index (κ3) is 6.57. The highest BCUT2D eigenvalue weighted by Crippen LogP contribution is 2.08. The van der Waals surface area contributed by atoms with Crippen molar-refractivity contribution in [2.75, 3.05) is 20.3 Å². The third-order valence-corrected chi connectivity index (χ3v) is 3.51. The molecule has 17 heavy (non-hydrogen) atoms. The molecule has 0 rings (SSSR count). The summed E-state index contributed by atoms with van der Waals surface area (Å²) < 4.78 is 32.0. The van der Waals surface area contributed by atoms with Gasteiger partial charge >= 0.3 is 5.97 Å². The summed E-state index contributed by atoms with van der Waals surface area (Å²) in [6, 6.07) is -1.12. The van der Waals surface area contributed by atoms with Crippen molar-refractivity contribution < 1.29 is 23.1 Å². The second kappa shape index (κ2) is 7.59. The maximum atomic E-state index is 11.5. The van der Waals surface area contributed by atoms with Crippen molar-refractivity contribution in [2.24, 2.45) is 5.92 Å². The first-order valence-electron chi connectivity index (χ1n) is 5.32. The Balaban J connectivity index is 4.48. The lowest BCUT2D eigenvalue weighted by molar-refractivity contribution is -0.140. The number of aliphatic carboxylic acids is 1. The van der Waals surface area contributed by atoms with Gasteiger partial charge in [0.05, 0.1) is 6.61 Å². The minimum atomic E-state index is -3.81. The van der Waals surface area contributed by atoms with E-state index in [0.717, 1.165) is 0 Å². The topological polar surface area (TPSA) is 105 Å². The van der Waals surface area contributed by atoms with Crippen molar-refractivity contribution in [3.05, 3.63) is 0 Å². The molecular weight excluding hydrogens is 248 g/mol. The van der Waals surface area contributed by atoms with E-state index in [4.69, 9.17) is 5.11 Å². The van der Waals surface area contributed by atoms with Gasteiger partial charge in [-0.05, 0) is 5.92 Å². The van der Waals surface area contributed by atoms with E-state index in [-0.39, 0.29) is 19.1 Å². The summed E-state index contributed by atoms with van der Waals surface area (Å²) in [6.45, 7) is 3.80. The van der Waals surface area contributed by atoms with E-state index < -0.39 is 22.2 Å². The minimum Gasteiger partial charge on any atom is -0.480 e. The largest absolute Gasteiger partial charge is 0.480 e. The molecule has 0 spiro atoms. The monoisotopic (exact) mass is 268 g/mol. The summed E-state index contributed by atoms with van der Waals surface area (Å²) in [6.07, 6.45) is 0.567. The van der Waals surface area contributed by atoms with Crippen LogP contribution in [0, 0.1) is 5.92 Å². The first-order valence-corrected chi connectivity index (χ1v) is 6.81. The fourth-order valence-corrected chi connectivity index (χ4v) is 2.24. The number of hydrogen-bond donors (Lipinski definition) is 3. The molecule has 3 N–H and O–H groups in total. The zero-order valence-corrected chi connectivity index (χ0v) is 11.1. The van der Waals surface area contributed by atoms with Gasteiger partial charge in [-0.3, -0.25) is 4.79 Å². The van der Waals surface area contributed by atoms with Gasteiger partial charge in [-0.2, -0.15) is 17.9 Å². The highest BCUT2D eigenvalue weighted by atomic mass is 32.2. The lowest BCUT2D eigenvalue weighted by Crippen LogP contribution is -2.49. The maximum Gasteiger partial charge on any atom is 0.322 e. The van der Waals surface area contributed by atoms with Gasteiger partial charge < -0.3 is 9.84 Å². The van der Waals surface area contributed by atoms with Crippen LogP contribution in [0.1, 0.15) is 20.3 Å². The second-order valence-corrected chi connectivity index (χ2v) is 5.24. The Morgan fingerprint density at radius 2 is 2.06 bits per heavy atom. The van der Waals surface area contributed by atoms with Crippen LogP contribution in [0.15, 0.2) is 0 Å². The zero-order valence-electron chi connectivity index (χ0n) is 10.3.